The smallest absolute Gasteiger partial charge is 0.304 e. The zero-order valence-corrected chi connectivity index (χ0v) is 11.0. The predicted octanol–water partition coefficient (Wildman–Crippen LogP) is 3.44. The van der Waals surface area contributed by atoms with E-state index in [0.29, 0.717) is 0 Å². The monoisotopic (exact) mass is 289 g/mol. The van der Waals surface area contributed by atoms with E-state index < -0.39 is 24.7 Å². The van der Waals surface area contributed by atoms with Crippen molar-refractivity contribution in [3.8, 4) is 0 Å². The Bertz CT molecular complexity index is 494. The molecule has 1 unspecified atom stereocenters. The molecule has 0 bridgehead atoms. The number of aliphatic carboxylic acids is 1. The topological polar surface area (TPSA) is 50.2 Å². The van der Waals surface area contributed by atoms with Crippen LogP contribution in [0.3, 0.4) is 0 Å². The van der Waals surface area contributed by atoms with Crippen LogP contribution in [0.25, 0.3) is 0 Å². The first-order valence-corrected chi connectivity index (χ1v) is 6.55. The third kappa shape index (κ3) is 3.21. The highest BCUT2D eigenvalue weighted by Gasteiger charge is 2.29. The van der Waals surface area contributed by atoms with Crippen LogP contribution in [0, 0.1) is 0 Å². The average Bonchev–Trinajstić information content (AvgIpc) is 2.35. The maximum atomic E-state index is 13.0. The zero-order valence-electron chi connectivity index (χ0n) is 10.2. The number of carbonyl (C=O) groups is 1. The first kappa shape index (κ1) is 14.2. The standard InChI is InChI=1S/C13H14ClF2NO2/c14-12-8(9(13(15)16)6-11(18)19)5-7-3-1-2-4-10(7)17-12/h5,9,13H,1-4,6H2,(H,18,19). The minimum Gasteiger partial charge on any atom is -0.481 e. The highest BCUT2D eigenvalue weighted by atomic mass is 35.5. The Morgan fingerprint density at radius 1 is 1.42 bits per heavy atom. The van der Waals surface area contributed by atoms with Crippen LogP contribution in [0.5, 0.6) is 0 Å². The molecule has 0 saturated heterocycles. The number of carboxylic acids is 1. The van der Waals surface area contributed by atoms with Crippen LogP contribution in [0.15, 0.2) is 6.07 Å². The third-order valence-corrected chi connectivity index (χ3v) is 3.68. The van der Waals surface area contributed by atoms with Gasteiger partial charge in [-0.3, -0.25) is 4.79 Å². The number of aromatic nitrogens is 1. The van der Waals surface area contributed by atoms with Gasteiger partial charge in [-0.15, -0.1) is 0 Å². The van der Waals surface area contributed by atoms with Crippen LogP contribution in [-0.4, -0.2) is 22.5 Å². The highest BCUT2D eigenvalue weighted by Crippen LogP contribution is 2.34. The highest BCUT2D eigenvalue weighted by molar-refractivity contribution is 6.30. The summed E-state index contributed by atoms with van der Waals surface area (Å²) in [5.41, 5.74) is 1.92. The van der Waals surface area contributed by atoms with Gasteiger partial charge in [0.05, 0.1) is 12.3 Å². The van der Waals surface area contributed by atoms with Crippen molar-refractivity contribution in [2.24, 2.45) is 0 Å². The van der Waals surface area contributed by atoms with Crippen LogP contribution in [-0.2, 0) is 17.6 Å². The molecule has 0 spiro atoms. The van der Waals surface area contributed by atoms with Crippen molar-refractivity contribution in [2.75, 3.05) is 0 Å². The largest absolute Gasteiger partial charge is 0.481 e. The molecule has 1 aliphatic carbocycles. The lowest BCUT2D eigenvalue weighted by atomic mass is 9.90. The molecule has 0 radical (unpaired) electrons. The van der Waals surface area contributed by atoms with Crippen molar-refractivity contribution in [2.45, 2.75) is 44.4 Å². The van der Waals surface area contributed by atoms with Gasteiger partial charge >= 0.3 is 5.97 Å². The molecule has 1 aliphatic rings. The second kappa shape index (κ2) is 5.82. The average molecular weight is 290 g/mol. The molecular formula is C13H14ClF2NO2. The molecule has 104 valence electrons. The summed E-state index contributed by atoms with van der Waals surface area (Å²) >= 11 is 5.95. The van der Waals surface area contributed by atoms with Crippen molar-refractivity contribution in [3.05, 3.63) is 28.0 Å². The molecule has 2 rings (SSSR count). The van der Waals surface area contributed by atoms with Gasteiger partial charge in [-0.2, -0.15) is 0 Å². The fourth-order valence-electron chi connectivity index (χ4n) is 2.41. The molecule has 0 aromatic carbocycles. The summed E-state index contributed by atoms with van der Waals surface area (Å²) in [5.74, 6) is -2.66. The van der Waals surface area contributed by atoms with E-state index in [1.807, 2.05) is 0 Å². The van der Waals surface area contributed by atoms with E-state index in [1.54, 1.807) is 6.07 Å². The first-order chi connectivity index (χ1) is 8.99. The number of nitrogens with zero attached hydrogens (tertiary/aromatic N) is 1. The van der Waals surface area contributed by atoms with Crippen molar-refractivity contribution in [3.63, 3.8) is 0 Å². The molecule has 0 aliphatic heterocycles. The van der Waals surface area contributed by atoms with Gasteiger partial charge in [0.2, 0.25) is 6.43 Å². The second-order valence-electron chi connectivity index (χ2n) is 4.72. The van der Waals surface area contributed by atoms with Crippen molar-refractivity contribution in [1.82, 2.24) is 4.98 Å². The summed E-state index contributed by atoms with van der Waals surface area (Å²) in [7, 11) is 0. The third-order valence-electron chi connectivity index (χ3n) is 3.38. The molecule has 1 N–H and O–H groups in total. The van der Waals surface area contributed by atoms with Gasteiger partial charge in [-0.1, -0.05) is 17.7 Å². The zero-order chi connectivity index (χ0) is 14.0. The molecule has 1 atom stereocenters. The van der Waals surface area contributed by atoms with Crippen molar-refractivity contribution >= 4 is 17.6 Å². The summed E-state index contributed by atoms with van der Waals surface area (Å²) in [6, 6.07) is 1.61. The van der Waals surface area contributed by atoms with E-state index >= 15 is 0 Å². The quantitative estimate of drug-likeness (QED) is 0.864. The summed E-state index contributed by atoms with van der Waals surface area (Å²) in [6.07, 6.45) is 0.190. The van der Waals surface area contributed by atoms with Crippen LogP contribution in [0.1, 0.15) is 42.0 Å². The van der Waals surface area contributed by atoms with Gasteiger partial charge in [0.25, 0.3) is 0 Å². The van der Waals surface area contributed by atoms with E-state index in [1.165, 1.54) is 0 Å². The number of hydrogen-bond acceptors (Lipinski definition) is 2. The predicted molar refractivity (Wildman–Crippen MR) is 66.9 cm³/mol. The van der Waals surface area contributed by atoms with Crippen LogP contribution in [0.4, 0.5) is 8.78 Å². The molecule has 1 aromatic rings. The van der Waals surface area contributed by atoms with Gasteiger partial charge in [-0.25, -0.2) is 13.8 Å². The molecule has 0 saturated carbocycles. The van der Waals surface area contributed by atoms with Gasteiger partial charge in [0, 0.05) is 5.69 Å². The van der Waals surface area contributed by atoms with Gasteiger partial charge < -0.3 is 5.11 Å². The Morgan fingerprint density at radius 3 is 2.74 bits per heavy atom. The molecule has 0 amide bonds. The molecule has 0 fully saturated rings. The lowest BCUT2D eigenvalue weighted by molar-refractivity contribution is -0.138. The number of halogens is 3. The van der Waals surface area contributed by atoms with Gasteiger partial charge in [-0.05, 0) is 36.8 Å². The molecule has 6 heteroatoms. The Balaban J connectivity index is 2.38. The van der Waals surface area contributed by atoms with E-state index in [-0.39, 0.29) is 10.7 Å². The minimum absolute atomic E-state index is 0.00667. The Hall–Kier alpha value is -1.23. The minimum atomic E-state index is -2.77. The molecule has 1 heterocycles. The van der Waals surface area contributed by atoms with E-state index in [0.717, 1.165) is 36.9 Å². The number of fused-ring (bicyclic) bond motifs is 1. The van der Waals surface area contributed by atoms with Crippen molar-refractivity contribution < 1.29 is 18.7 Å². The fraction of sp³-hybridized carbons (Fsp3) is 0.538. The number of rotatable bonds is 4. The Kier molecular flexibility index (Phi) is 4.34. The first-order valence-electron chi connectivity index (χ1n) is 6.17. The number of aryl methyl sites for hydroxylation is 2. The summed E-state index contributed by atoms with van der Waals surface area (Å²) in [6.45, 7) is 0. The van der Waals surface area contributed by atoms with Crippen LogP contribution < -0.4 is 0 Å². The van der Waals surface area contributed by atoms with E-state index in [9.17, 15) is 13.6 Å². The normalized spacial score (nSPS) is 16.2. The number of pyridine rings is 1. The fourth-order valence-corrected chi connectivity index (χ4v) is 2.71. The summed E-state index contributed by atoms with van der Waals surface area (Å²) in [5, 5.41) is 8.73. The van der Waals surface area contributed by atoms with E-state index in [4.69, 9.17) is 16.7 Å². The molecule has 1 aromatic heterocycles. The maximum Gasteiger partial charge on any atom is 0.304 e. The number of hydrogen-bond donors (Lipinski definition) is 1. The molecule has 3 nitrogen and oxygen atoms in total. The summed E-state index contributed by atoms with van der Waals surface area (Å²) < 4.78 is 26.0. The Morgan fingerprint density at radius 2 is 2.11 bits per heavy atom. The molecular weight excluding hydrogens is 276 g/mol. The Labute approximate surface area is 114 Å². The number of alkyl halides is 2. The summed E-state index contributed by atoms with van der Waals surface area (Å²) in [4.78, 5) is 14.9. The van der Waals surface area contributed by atoms with Crippen LogP contribution >= 0.6 is 11.6 Å². The van der Waals surface area contributed by atoms with Crippen LogP contribution in [0.2, 0.25) is 5.15 Å². The van der Waals surface area contributed by atoms with Gasteiger partial charge in [0.15, 0.2) is 0 Å². The van der Waals surface area contributed by atoms with E-state index in [2.05, 4.69) is 4.98 Å². The SMILES string of the molecule is O=C(O)CC(c1cc2c(nc1Cl)CCCC2)C(F)F. The van der Waals surface area contributed by atoms with Gasteiger partial charge in [0.1, 0.15) is 5.15 Å². The number of carboxylic acid groups (broad SMARTS) is 1. The maximum absolute atomic E-state index is 13.0. The van der Waals surface area contributed by atoms with Crippen molar-refractivity contribution in [1.29, 1.82) is 0 Å². The molecule has 19 heavy (non-hydrogen) atoms. The lowest BCUT2D eigenvalue weighted by Crippen LogP contribution is -2.17. The lowest BCUT2D eigenvalue weighted by Gasteiger charge is -2.20. The second-order valence-corrected chi connectivity index (χ2v) is 5.08.